The van der Waals surface area contributed by atoms with Crippen molar-refractivity contribution < 1.29 is 13.2 Å². The largest absolute Gasteiger partial charge is 0.416 e. The van der Waals surface area contributed by atoms with Gasteiger partial charge in [0.1, 0.15) is 0 Å². The molecule has 0 radical (unpaired) electrons. The molecule has 28 heavy (non-hydrogen) atoms. The van der Waals surface area contributed by atoms with Crippen molar-refractivity contribution in [2.24, 2.45) is 0 Å². The Morgan fingerprint density at radius 1 is 1.07 bits per heavy atom. The van der Waals surface area contributed by atoms with Crippen molar-refractivity contribution in [3.8, 4) is 0 Å². The zero-order valence-corrected chi connectivity index (χ0v) is 16.8. The summed E-state index contributed by atoms with van der Waals surface area (Å²) >= 11 is 1.66. The van der Waals surface area contributed by atoms with Gasteiger partial charge in [-0.3, -0.25) is 0 Å². The van der Waals surface area contributed by atoms with Gasteiger partial charge in [-0.2, -0.15) is 13.2 Å². The van der Waals surface area contributed by atoms with E-state index in [4.69, 9.17) is 0 Å². The molecule has 0 saturated carbocycles. The number of rotatable bonds is 4. The minimum atomic E-state index is -4.30. The zero-order chi connectivity index (χ0) is 19.7. The summed E-state index contributed by atoms with van der Waals surface area (Å²) in [5.41, 5.74) is 0.526. The van der Waals surface area contributed by atoms with Crippen LogP contribution in [0.5, 0.6) is 0 Å². The lowest BCUT2D eigenvalue weighted by Crippen LogP contribution is -2.47. The summed E-state index contributed by atoms with van der Waals surface area (Å²) in [4.78, 5) is 8.12. The molecule has 0 spiro atoms. The highest BCUT2D eigenvalue weighted by Gasteiger charge is 2.39. The van der Waals surface area contributed by atoms with Crippen molar-refractivity contribution in [2.45, 2.75) is 28.8 Å². The lowest BCUT2D eigenvalue weighted by atomic mass is 9.99. The second-order valence-corrected chi connectivity index (χ2v) is 8.93. The molecule has 2 unspecified atom stereocenters. The summed E-state index contributed by atoms with van der Waals surface area (Å²) in [6, 6.07) is 7.82. The number of likely N-dealkylation sites (N-methyl/N-ethyl adjacent to an activating group) is 1. The lowest BCUT2D eigenvalue weighted by molar-refractivity contribution is -0.0887. The van der Waals surface area contributed by atoms with Crippen LogP contribution in [0.2, 0.25) is 0 Å². The number of hydrogen-bond donors (Lipinski definition) is 0. The van der Waals surface area contributed by atoms with Crippen LogP contribution in [-0.4, -0.2) is 73.6 Å². The molecule has 2 atom stereocenters. The van der Waals surface area contributed by atoms with Crippen LogP contribution < -0.4 is 4.90 Å². The van der Waals surface area contributed by atoms with Gasteiger partial charge >= 0.3 is 6.18 Å². The Hall–Kier alpha value is -1.44. The predicted molar refractivity (Wildman–Crippen MR) is 109 cm³/mol. The Bertz CT molecular complexity index is 754. The number of nitrogens with zero attached hydrogens (tertiary/aromatic N) is 3. The lowest BCUT2D eigenvalue weighted by Gasteiger charge is -2.43. The van der Waals surface area contributed by atoms with Crippen LogP contribution >= 0.6 is 11.8 Å². The van der Waals surface area contributed by atoms with Crippen LogP contribution in [0.1, 0.15) is 6.42 Å². The summed E-state index contributed by atoms with van der Waals surface area (Å²) < 4.78 is 39.9. The summed E-state index contributed by atoms with van der Waals surface area (Å²) in [7, 11) is 2.14. The Balaban J connectivity index is 1.50. The number of benzene rings is 1. The Morgan fingerprint density at radius 2 is 1.82 bits per heavy atom. The van der Waals surface area contributed by atoms with E-state index in [9.17, 15) is 13.2 Å². The molecule has 3 aliphatic rings. The molecule has 2 aliphatic heterocycles. The SMILES string of the molecule is CN1CCN(CCCN2c3ccccc3SC3C=CC(C(F)(F)F)=CC32)CC1. The zero-order valence-electron chi connectivity index (χ0n) is 16.0. The van der Waals surface area contributed by atoms with Crippen LogP contribution in [0.3, 0.4) is 0 Å². The number of fused-ring (bicyclic) bond motifs is 2. The molecule has 152 valence electrons. The Kier molecular flexibility index (Phi) is 5.76. The van der Waals surface area contributed by atoms with Gasteiger partial charge in [0.2, 0.25) is 0 Å². The Labute approximate surface area is 168 Å². The fourth-order valence-corrected chi connectivity index (χ4v) is 5.40. The second kappa shape index (κ2) is 8.13. The van der Waals surface area contributed by atoms with Gasteiger partial charge in [-0.1, -0.05) is 24.3 Å². The smallest absolute Gasteiger partial charge is 0.363 e. The number of piperazine rings is 1. The molecule has 0 N–H and O–H groups in total. The van der Waals surface area contributed by atoms with Gasteiger partial charge in [-0.05, 0) is 38.2 Å². The average molecular weight is 410 g/mol. The fourth-order valence-electron chi connectivity index (χ4n) is 4.12. The van der Waals surface area contributed by atoms with Gasteiger partial charge in [0.15, 0.2) is 0 Å². The summed E-state index contributed by atoms with van der Waals surface area (Å²) in [6.45, 7) is 6.04. The molecule has 0 bridgehead atoms. The Morgan fingerprint density at radius 3 is 2.57 bits per heavy atom. The van der Waals surface area contributed by atoms with E-state index in [2.05, 4.69) is 27.8 Å². The quantitative estimate of drug-likeness (QED) is 0.742. The summed E-state index contributed by atoms with van der Waals surface area (Å²) in [5.74, 6) is 0. The van der Waals surface area contributed by atoms with Gasteiger partial charge in [-0.15, -0.1) is 11.8 Å². The molecule has 2 heterocycles. The molecule has 0 aromatic heterocycles. The van der Waals surface area contributed by atoms with E-state index in [-0.39, 0.29) is 11.3 Å². The number of halogens is 3. The highest BCUT2D eigenvalue weighted by molar-refractivity contribution is 8.00. The highest BCUT2D eigenvalue weighted by Crippen LogP contribution is 2.45. The monoisotopic (exact) mass is 409 g/mol. The maximum atomic E-state index is 13.3. The van der Waals surface area contributed by atoms with E-state index >= 15 is 0 Å². The van der Waals surface area contributed by atoms with E-state index < -0.39 is 11.7 Å². The molecule has 1 aromatic rings. The summed E-state index contributed by atoms with van der Waals surface area (Å²) in [6.07, 6.45) is 1.04. The van der Waals surface area contributed by atoms with Crippen molar-refractivity contribution in [1.29, 1.82) is 0 Å². The van der Waals surface area contributed by atoms with Crippen LogP contribution in [-0.2, 0) is 0 Å². The molecule has 0 amide bonds. The van der Waals surface area contributed by atoms with E-state index in [0.29, 0.717) is 0 Å². The van der Waals surface area contributed by atoms with Crippen LogP contribution in [0.25, 0.3) is 0 Å². The maximum absolute atomic E-state index is 13.3. The van der Waals surface area contributed by atoms with Crippen LogP contribution in [0.15, 0.2) is 53.0 Å². The number of para-hydroxylation sites is 1. The van der Waals surface area contributed by atoms with Gasteiger partial charge in [0, 0.05) is 37.6 Å². The third-order valence-corrected chi connectivity index (χ3v) is 7.05. The molecule has 1 aliphatic carbocycles. The summed E-state index contributed by atoms with van der Waals surface area (Å²) in [5, 5.41) is 0.0182. The van der Waals surface area contributed by atoms with E-state index in [1.807, 2.05) is 18.2 Å². The van der Waals surface area contributed by atoms with Crippen molar-refractivity contribution in [3.63, 3.8) is 0 Å². The molecule has 7 heteroatoms. The first-order valence-corrected chi connectivity index (χ1v) is 10.7. The normalized spacial score (nSPS) is 26.0. The van der Waals surface area contributed by atoms with Crippen LogP contribution in [0, 0.1) is 0 Å². The van der Waals surface area contributed by atoms with Gasteiger partial charge in [-0.25, -0.2) is 0 Å². The van der Waals surface area contributed by atoms with Gasteiger partial charge in [0.25, 0.3) is 0 Å². The van der Waals surface area contributed by atoms with Gasteiger partial charge in [0.05, 0.1) is 22.6 Å². The molecule has 4 rings (SSSR count). The first-order chi connectivity index (χ1) is 13.4. The van der Waals surface area contributed by atoms with E-state index in [1.54, 1.807) is 17.8 Å². The number of alkyl halides is 3. The van der Waals surface area contributed by atoms with Crippen molar-refractivity contribution >= 4 is 17.4 Å². The molecular weight excluding hydrogens is 383 g/mol. The van der Waals surface area contributed by atoms with Crippen molar-refractivity contribution in [3.05, 3.63) is 48.1 Å². The minimum absolute atomic E-state index is 0.0182. The number of allylic oxidation sites excluding steroid dienone is 2. The molecule has 1 aromatic carbocycles. The fraction of sp³-hybridized carbons (Fsp3) is 0.524. The highest BCUT2D eigenvalue weighted by atomic mass is 32.2. The third kappa shape index (κ3) is 4.26. The topological polar surface area (TPSA) is 9.72 Å². The number of anilines is 1. The minimum Gasteiger partial charge on any atom is -0.363 e. The number of hydrogen-bond acceptors (Lipinski definition) is 4. The molecular formula is C21H26F3N3S. The van der Waals surface area contributed by atoms with Gasteiger partial charge < -0.3 is 14.7 Å². The second-order valence-electron chi connectivity index (χ2n) is 7.71. The standard InChI is InChI=1S/C21H26F3N3S/c1-25-11-13-26(14-12-25)9-4-10-27-17-5-2-3-6-19(17)28-20-8-7-16(15-18(20)27)21(22,23)24/h2-3,5-8,15,18,20H,4,9-14H2,1H3. The maximum Gasteiger partial charge on any atom is 0.416 e. The molecule has 1 saturated heterocycles. The first-order valence-electron chi connectivity index (χ1n) is 9.82. The first kappa shape index (κ1) is 19.9. The van der Waals surface area contributed by atoms with Crippen molar-refractivity contribution in [2.75, 3.05) is 51.2 Å². The van der Waals surface area contributed by atoms with E-state index in [0.717, 1.165) is 56.3 Å². The van der Waals surface area contributed by atoms with E-state index in [1.165, 1.54) is 12.2 Å². The van der Waals surface area contributed by atoms with Crippen LogP contribution in [0.4, 0.5) is 18.9 Å². The predicted octanol–water partition coefficient (Wildman–Crippen LogP) is 4.03. The third-order valence-electron chi connectivity index (χ3n) is 5.75. The van der Waals surface area contributed by atoms with Crippen molar-refractivity contribution in [1.82, 2.24) is 9.80 Å². The average Bonchev–Trinajstić information content (AvgIpc) is 2.68. The number of thioether (sulfide) groups is 1. The molecule has 1 fully saturated rings. The molecule has 3 nitrogen and oxygen atoms in total.